The monoisotopic (exact) mass is 366 g/mol. The number of carbonyl (C=O) groups excluding carboxylic acids is 2. The van der Waals surface area contributed by atoms with Gasteiger partial charge in [0, 0.05) is 50.3 Å². The molecule has 1 unspecified atom stereocenters. The molecule has 2 heterocycles. The third-order valence-electron chi connectivity index (χ3n) is 4.83. The van der Waals surface area contributed by atoms with E-state index >= 15 is 0 Å². The molecule has 1 aliphatic heterocycles. The van der Waals surface area contributed by atoms with Crippen LogP contribution < -0.4 is 10.2 Å². The number of likely N-dealkylation sites (tertiary alicyclic amines) is 1. The van der Waals surface area contributed by atoms with E-state index in [1.54, 1.807) is 12.1 Å². The summed E-state index contributed by atoms with van der Waals surface area (Å²) in [6, 6.07) is 10.8. The molecule has 6 nitrogen and oxygen atoms in total. The number of nitrogens with zero attached hydrogens (tertiary/aromatic N) is 3. The van der Waals surface area contributed by atoms with Gasteiger partial charge in [0.25, 0.3) is 11.8 Å². The number of rotatable bonds is 4. The van der Waals surface area contributed by atoms with Crippen LogP contribution in [0.1, 0.15) is 40.6 Å². The fourth-order valence-corrected chi connectivity index (χ4v) is 3.27. The predicted octanol–water partition coefficient (Wildman–Crippen LogP) is 3.27. The number of nitrogens with one attached hydrogen (secondary N) is 1. The third-order valence-corrected chi connectivity index (χ3v) is 4.83. The summed E-state index contributed by atoms with van der Waals surface area (Å²) in [6.07, 6.45) is 3.67. The van der Waals surface area contributed by atoms with E-state index in [1.807, 2.05) is 48.2 Å². The molecule has 0 spiro atoms. The Hall–Kier alpha value is -2.89. The van der Waals surface area contributed by atoms with Crippen molar-refractivity contribution < 1.29 is 9.59 Å². The Balaban J connectivity index is 1.70. The standard InChI is InChI=1S/C21H26N4O2/c1-15-5-4-12-25(14-15)21(27)19-13-16(10-11-22-19)20(26)23-17-6-8-18(9-7-17)24(2)3/h6-11,13,15H,4-5,12,14H2,1-3H3,(H,23,26). The molecule has 142 valence electrons. The summed E-state index contributed by atoms with van der Waals surface area (Å²) in [6.45, 7) is 3.65. The molecule has 0 aliphatic carbocycles. The van der Waals surface area contributed by atoms with E-state index < -0.39 is 0 Å². The highest BCUT2D eigenvalue weighted by molar-refractivity contribution is 6.05. The highest BCUT2D eigenvalue weighted by atomic mass is 16.2. The first-order valence-corrected chi connectivity index (χ1v) is 9.28. The highest BCUT2D eigenvalue weighted by Crippen LogP contribution is 2.19. The van der Waals surface area contributed by atoms with Gasteiger partial charge in [0.15, 0.2) is 0 Å². The lowest BCUT2D eigenvalue weighted by Crippen LogP contribution is -2.39. The van der Waals surface area contributed by atoms with Crippen molar-refractivity contribution >= 4 is 23.2 Å². The topological polar surface area (TPSA) is 65.5 Å². The second kappa shape index (κ2) is 8.20. The van der Waals surface area contributed by atoms with Crippen molar-refractivity contribution in [1.29, 1.82) is 0 Å². The number of hydrogen-bond donors (Lipinski definition) is 1. The Morgan fingerprint density at radius 1 is 1.19 bits per heavy atom. The van der Waals surface area contributed by atoms with Gasteiger partial charge in [-0.3, -0.25) is 14.6 Å². The molecule has 0 saturated carbocycles. The summed E-state index contributed by atoms with van der Waals surface area (Å²) < 4.78 is 0. The third kappa shape index (κ3) is 4.64. The molecule has 2 amide bonds. The lowest BCUT2D eigenvalue weighted by atomic mass is 10.00. The Labute approximate surface area is 160 Å². The molecule has 3 rings (SSSR count). The van der Waals surface area contributed by atoms with Crippen LogP contribution in [0.2, 0.25) is 0 Å². The van der Waals surface area contributed by atoms with Crippen LogP contribution in [0.15, 0.2) is 42.6 Å². The summed E-state index contributed by atoms with van der Waals surface area (Å²) in [5.41, 5.74) is 2.51. The highest BCUT2D eigenvalue weighted by Gasteiger charge is 2.23. The van der Waals surface area contributed by atoms with E-state index in [-0.39, 0.29) is 11.8 Å². The molecule has 1 aromatic heterocycles. The van der Waals surface area contributed by atoms with Crippen LogP contribution in [0.25, 0.3) is 0 Å². The quantitative estimate of drug-likeness (QED) is 0.902. The van der Waals surface area contributed by atoms with Gasteiger partial charge in [0.1, 0.15) is 5.69 Å². The predicted molar refractivity (Wildman–Crippen MR) is 107 cm³/mol. The summed E-state index contributed by atoms with van der Waals surface area (Å²) in [4.78, 5) is 33.3. The Kier molecular flexibility index (Phi) is 5.74. The van der Waals surface area contributed by atoms with Crippen LogP contribution in [-0.4, -0.2) is 48.9 Å². The lowest BCUT2D eigenvalue weighted by Gasteiger charge is -2.30. The van der Waals surface area contributed by atoms with Crippen LogP contribution in [0.3, 0.4) is 0 Å². The minimum atomic E-state index is -0.254. The van der Waals surface area contributed by atoms with Gasteiger partial charge in [0.2, 0.25) is 0 Å². The lowest BCUT2D eigenvalue weighted by molar-refractivity contribution is 0.0677. The average Bonchev–Trinajstić information content (AvgIpc) is 2.68. The maximum Gasteiger partial charge on any atom is 0.272 e. The van der Waals surface area contributed by atoms with Crippen LogP contribution in [-0.2, 0) is 0 Å². The van der Waals surface area contributed by atoms with E-state index in [0.717, 1.165) is 31.6 Å². The van der Waals surface area contributed by atoms with Crippen LogP contribution in [0, 0.1) is 5.92 Å². The van der Waals surface area contributed by atoms with Crippen molar-refractivity contribution in [2.75, 3.05) is 37.4 Å². The molecule has 0 radical (unpaired) electrons. The summed E-state index contributed by atoms with van der Waals surface area (Å²) >= 11 is 0. The number of aromatic nitrogens is 1. The Morgan fingerprint density at radius 3 is 2.59 bits per heavy atom. The molecule has 27 heavy (non-hydrogen) atoms. The molecule has 1 N–H and O–H groups in total. The van der Waals surface area contributed by atoms with Gasteiger partial charge in [-0.15, -0.1) is 0 Å². The zero-order valence-electron chi connectivity index (χ0n) is 16.1. The van der Waals surface area contributed by atoms with Crippen molar-refractivity contribution in [3.05, 3.63) is 53.9 Å². The van der Waals surface area contributed by atoms with E-state index in [1.165, 1.54) is 6.20 Å². The molecule has 1 saturated heterocycles. The van der Waals surface area contributed by atoms with Gasteiger partial charge >= 0.3 is 0 Å². The maximum atomic E-state index is 12.7. The van der Waals surface area contributed by atoms with Crippen molar-refractivity contribution in [2.24, 2.45) is 5.92 Å². The number of amides is 2. The van der Waals surface area contributed by atoms with E-state index in [9.17, 15) is 9.59 Å². The fraction of sp³-hybridized carbons (Fsp3) is 0.381. The molecule has 1 atom stereocenters. The first kappa shape index (κ1) is 18.9. The molecular formula is C21H26N4O2. The van der Waals surface area contributed by atoms with E-state index in [4.69, 9.17) is 0 Å². The van der Waals surface area contributed by atoms with Crippen molar-refractivity contribution in [3.63, 3.8) is 0 Å². The van der Waals surface area contributed by atoms with E-state index in [0.29, 0.717) is 22.9 Å². The van der Waals surface area contributed by atoms with Gasteiger partial charge in [-0.05, 0) is 55.2 Å². The number of anilines is 2. The number of pyridine rings is 1. The van der Waals surface area contributed by atoms with Crippen molar-refractivity contribution in [2.45, 2.75) is 19.8 Å². The first-order valence-electron chi connectivity index (χ1n) is 9.28. The fourth-order valence-electron chi connectivity index (χ4n) is 3.27. The van der Waals surface area contributed by atoms with Gasteiger partial charge in [-0.1, -0.05) is 6.92 Å². The average molecular weight is 366 g/mol. The second-order valence-corrected chi connectivity index (χ2v) is 7.32. The Morgan fingerprint density at radius 2 is 1.93 bits per heavy atom. The van der Waals surface area contributed by atoms with Crippen LogP contribution in [0.5, 0.6) is 0 Å². The van der Waals surface area contributed by atoms with Gasteiger partial charge in [-0.2, -0.15) is 0 Å². The number of hydrogen-bond acceptors (Lipinski definition) is 4. The van der Waals surface area contributed by atoms with E-state index in [2.05, 4.69) is 17.2 Å². The summed E-state index contributed by atoms with van der Waals surface area (Å²) in [5, 5.41) is 2.87. The van der Waals surface area contributed by atoms with Gasteiger partial charge in [0.05, 0.1) is 0 Å². The number of carbonyl (C=O) groups is 2. The minimum absolute atomic E-state index is 0.105. The largest absolute Gasteiger partial charge is 0.378 e. The zero-order valence-corrected chi connectivity index (χ0v) is 16.1. The summed E-state index contributed by atoms with van der Waals surface area (Å²) in [7, 11) is 3.93. The summed E-state index contributed by atoms with van der Waals surface area (Å²) in [5.74, 6) is 0.141. The van der Waals surface area contributed by atoms with Crippen molar-refractivity contribution in [3.8, 4) is 0 Å². The first-order chi connectivity index (χ1) is 12.9. The molecule has 1 fully saturated rings. The van der Waals surface area contributed by atoms with Crippen LogP contribution in [0.4, 0.5) is 11.4 Å². The molecule has 6 heteroatoms. The molecular weight excluding hydrogens is 340 g/mol. The zero-order chi connectivity index (χ0) is 19.4. The molecule has 1 aliphatic rings. The molecule has 1 aromatic carbocycles. The van der Waals surface area contributed by atoms with Gasteiger partial charge < -0.3 is 15.1 Å². The van der Waals surface area contributed by atoms with Crippen LogP contribution >= 0.6 is 0 Å². The molecule has 2 aromatic rings. The number of piperidine rings is 1. The molecule has 0 bridgehead atoms. The van der Waals surface area contributed by atoms with Gasteiger partial charge in [-0.25, -0.2) is 0 Å². The Bertz CT molecular complexity index is 817. The maximum absolute atomic E-state index is 12.7. The normalized spacial score (nSPS) is 16.7. The number of benzene rings is 1. The minimum Gasteiger partial charge on any atom is -0.378 e. The second-order valence-electron chi connectivity index (χ2n) is 7.32. The SMILES string of the molecule is CC1CCCN(C(=O)c2cc(C(=O)Nc3ccc(N(C)C)cc3)ccn2)C1. The van der Waals surface area contributed by atoms with Crippen molar-refractivity contribution in [1.82, 2.24) is 9.88 Å². The smallest absolute Gasteiger partial charge is 0.272 e.